The molecule has 0 spiro atoms. The van der Waals surface area contributed by atoms with Crippen LogP contribution in [0.4, 0.5) is 11.4 Å². The highest BCUT2D eigenvalue weighted by molar-refractivity contribution is 5.57. The fourth-order valence-corrected chi connectivity index (χ4v) is 2.20. The summed E-state index contributed by atoms with van der Waals surface area (Å²) in [6, 6.07) is 12.9. The molecular weight excluding hydrogens is 252 g/mol. The monoisotopic (exact) mass is 270 g/mol. The second-order valence-corrected chi connectivity index (χ2v) is 4.74. The number of non-ortho nitro benzene ring substituents is 1. The lowest BCUT2D eigenvalue weighted by Gasteiger charge is -2.14. The van der Waals surface area contributed by atoms with Gasteiger partial charge in [0.05, 0.1) is 4.92 Å². The van der Waals surface area contributed by atoms with E-state index < -0.39 is 0 Å². The number of benzene rings is 2. The molecule has 2 aromatic carbocycles. The molecule has 4 nitrogen and oxygen atoms in total. The molecule has 0 amide bonds. The lowest BCUT2D eigenvalue weighted by Crippen LogP contribution is -2.04. The zero-order chi connectivity index (χ0) is 14.5. The molecule has 0 aliphatic heterocycles. The number of aryl methyl sites for hydroxylation is 2. The van der Waals surface area contributed by atoms with Crippen molar-refractivity contribution >= 4 is 11.4 Å². The average Bonchev–Trinajstić information content (AvgIpc) is 2.46. The Labute approximate surface area is 118 Å². The summed E-state index contributed by atoms with van der Waals surface area (Å²) < 4.78 is 0. The van der Waals surface area contributed by atoms with Crippen molar-refractivity contribution < 1.29 is 4.92 Å². The summed E-state index contributed by atoms with van der Waals surface area (Å²) >= 11 is 0. The number of nitrogens with zero attached hydrogens (tertiary/aromatic N) is 1. The van der Waals surface area contributed by atoms with Crippen LogP contribution >= 0.6 is 0 Å². The van der Waals surface area contributed by atoms with Crippen LogP contribution < -0.4 is 5.32 Å². The van der Waals surface area contributed by atoms with Gasteiger partial charge in [0.2, 0.25) is 0 Å². The molecule has 0 heterocycles. The molecular formula is C16H18N2O2. The summed E-state index contributed by atoms with van der Waals surface area (Å²) in [5.74, 6) is 0. The van der Waals surface area contributed by atoms with Crippen molar-refractivity contribution in [1.82, 2.24) is 0 Å². The zero-order valence-corrected chi connectivity index (χ0v) is 11.7. The molecule has 2 rings (SSSR count). The normalized spacial score (nSPS) is 10.3. The van der Waals surface area contributed by atoms with Crippen molar-refractivity contribution in [3.05, 3.63) is 69.3 Å². The molecule has 0 bridgehead atoms. The largest absolute Gasteiger partial charge is 0.381 e. The second kappa shape index (κ2) is 6.19. The number of hydrogen-bond donors (Lipinski definition) is 1. The van der Waals surface area contributed by atoms with Crippen molar-refractivity contribution in [3.8, 4) is 0 Å². The minimum absolute atomic E-state index is 0.124. The first-order valence-electron chi connectivity index (χ1n) is 6.67. The predicted octanol–water partition coefficient (Wildman–Crippen LogP) is 4.08. The molecule has 4 heteroatoms. The first-order valence-corrected chi connectivity index (χ1v) is 6.67. The highest BCUT2D eigenvalue weighted by atomic mass is 16.6. The van der Waals surface area contributed by atoms with Crippen LogP contribution in [0, 0.1) is 17.0 Å². The van der Waals surface area contributed by atoms with Gasteiger partial charge in [0.1, 0.15) is 0 Å². The molecule has 0 radical (unpaired) electrons. The van der Waals surface area contributed by atoms with Crippen LogP contribution in [0.2, 0.25) is 0 Å². The zero-order valence-electron chi connectivity index (χ0n) is 11.7. The fourth-order valence-electron chi connectivity index (χ4n) is 2.20. The van der Waals surface area contributed by atoms with Crippen LogP contribution in [0.5, 0.6) is 0 Å². The average molecular weight is 270 g/mol. The third-order valence-corrected chi connectivity index (χ3v) is 3.36. The lowest BCUT2D eigenvalue weighted by atomic mass is 10.1. The summed E-state index contributed by atoms with van der Waals surface area (Å²) in [6.07, 6.45) is 0.976. The number of para-hydroxylation sites is 1. The number of hydrogen-bond acceptors (Lipinski definition) is 3. The molecule has 0 aromatic heterocycles. The van der Waals surface area contributed by atoms with Crippen LogP contribution in [0.15, 0.2) is 42.5 Å². The van der Waals surface area contributed by atoms with E-state index in [2.05, 4.69) is 37.4 Å². The van der Waals surface area contributed by atoms with E-state index >= 15 is 0 Å². The van der Waals surface area contributed by atoms with Gasteiger partial charge in [-0.3, -0.25) is 10.1 Å². The molecule has 2 aromatic rings. The molecule has 0 atom stereocenters. The van der Waals surface area contributed by atoms with Crippen LogP contribution in [-0.2, 0) is 13.0 Å². The quantitative estimate of drug-likeness (QED) is 0.658. The van der Waals surface area contributed by atoms with E-state index in [1.54, 1.807) is 12.1 Å². The Morgan fingerprint density at radius 1 is 1.15 bits per heavy atom. The van der Waals surface area contributed by atoms with Crippen LogP contribution in [0.3, 0.4) is 0 Å². The molecule has 0 aliphatic carbocycles. The van der Waals surface area contributed by atoms with Gasteiger partial charge in [-0.25, -0.2) is 0 Å². The van der Waals surface area contributed by atoms with Crippen molar-refractivity contribution in [1.29, 1.82) is 0 Å². The SMILES string of the molecule is CCc1cccc(C)c1NCc1ccc([N+](=O)[O-])cc1. The number of nitro groups is 1. The van der Waals surface area contributed by atoms with E-state index in [-0.39, 0.29) is 10.6 Å². The fraction of sp³-hybridized carbons (Fsp3) is 0.250. The first kappa shape index (κ1) is 14.1. The van der Waals surface area contributed by atoms with Gasteiger partial charge in [0.25, 0.3) is 5.69 Å². The van der Waals surface area contributed by atoms with Gasteiger partial charge in [-0.15, -0.1) is 0 Å². The van der Waals surface area contributed by atoms with E-state index in [9.17, 15) is 10.1 Å². The van der Waals surface area contributed by atoms with Crippen LogP contribution in [-0.4, -0.2) is 4.92 Å². The molecule has 0 unspecified atom stereocenters. The topological polar surface area (TPSA) is 55.2 Å². The smallest absolute Gasteiger partial charge is 0.269 e. The van der Waals surface area contributed by atoms with Crippen molar-refractivity contribution in [2.75, 3.05) is 5.32 Å². The van der Waals surface area contributed by atoms with Gasteiger partial charge in [0.15, 0.2) is 0 Å². The first-order chi connectivity index (χ1) is 9.61. The summed E-state index contributed by atoms with van der Waals surface area (Å²) in [4.78, 5) is 10.2. The minimum Gasteiger partial charge on any atom is -0.381 e. The van der Waals surface area contributed by atoms with E-state index in [1.165, 1.54) is 23.3 Å². The van der Waals surface area contributed by atoms with Gasteiger partial charge in [0, 0.05) is 24.4 Å². The Balaban J connectivity index is 2.11. The van der Waals surface area contributed by atoms with E-state index in [0.29, 0.717) is 6.54 Å². The summed E-state index contributed by atoms with van der Waals surface area (Å²) in [7, 11) is 0. The van der Waals surface area contributed by atoms with Gasteiger partial charge < -0.3 is 5.32 Å². The van der Waals surface area contributed by atoms with Gasteiger partial charge in [-0.1, -0.05) is 37.3 Å². The minimum atomic E-state index is -0.381. The molecule has 20 heavy (non-hydrogen) atoms. The predicted molar refractivity (Wildman–Crippen MR) is 81.0 cm³/mol. The Morgan fingerprint density at radius 2 is 1.85 bits per heavy atom. The third-order valence-electron chi connectivity index (χ3n) is 3.36. The third kappa shape index (κ3) is 3.15. The van der Waals surface area contributed by atoms with Crippen molar-refractivity contribution in [3.63, 3.8) is 0 Å². The lowest BCUT2D eigenvalue weighted by molar-refractivity contribution is -0.384. The number of nitro benzene ring substituents is 1. The number of anilines is 1. The number of nitrogens with one attached hydrogen (secondary N) is 1. The molecule has 0 saturated heterocycles. The summed E-state index contributed by atoms with van der Waals surface area (Å²) in [6.45, 7) is 4.87. The van der Waals surface area contributed by atoms with Gasteiger partial charge in [-0.05, 0) is 30.0 Å². The second-order valence-electron chi connectivity index (χ2n) is 4.74. The maximum atomic E-state index is 10.6. The summed E-state index contributed by atoms with van der Waals surface area (Å²) in [5, 5.41) is 14.0. The standard InChI is InChI=1S/C16H18N2O2/c1-3-14-6-4-5-12(2)16(14)17-11-13-7-9-15(10-8-13)18(19)20/h4-10,17H,3,11H2,1-2H3. The highest BCUT2D eigenvalue weighted by Crippen LogP contribution is 2.22. The Hall–Kier alpha value is -2.36. The van der Waals surface area contributed by atoms with Crippen LogP contribution in [0.25, 0.3) is 0 Å². The molecule has 0 aliphatic rings. The Bertz CT molecular complexity index is 606. The van der Waals surface area contributed by atoms with Crippen molar-refractivity contribution in [2.24, 2.45) is 0 Å². The molecule has 0 fully saturated rings. The van der Waals surface area contributed by atoms with Gasteiger partial charge in [-0.2, -0.15) is 0 Å². The molecule has 1 N–H and O–H groups in total. The maximum Gasteiger partial charge on any atom is 0.269 e. The Morgan fingerprint density at radius 3 is 2.45 bits per heavy atom. The Kier molecular flexibility index (Phi) is 4.35. The van der Waals surface area contributed by atoms with Gasteiger partial charge >= 0.3 is 0 Å². The number of rotatable bonds is 5. The highest BCUT2D eigenvalue weighted by Gasteiger charge is 2.06. The maximum absolute atomic E-state index is 10.6. The molecule has 104 valence electrons. The van der Waals surface area contributed by atoms with Crippen molar-refractivity contribution in [2.45, 2.75) is 26.8 Å². The summed E-state index contributed by atoms with van der Waals surface area (Å²) in [5.41, 5.74) is 4.81. The molecule has 0 saturated carbocycles. The van der Waals surface area contributed by atoms with E-state index in [0.717, 1.165) is 17.7 Å². The van der Waals surface area contributed by atoms with E-state index in [1.807, 2.05) is 0 Å². The van der Waals surface area contributed by atoms with Crippen LogP contribution in [0.1, 0.15) is 23.6 Å². The van der Waals surface area contributed by atoms with E-state index in [4.69, 9.17) is 0 Å².